The number of halogens is 1. The Balaban J connectivity index is 2.10. The lowest BCUT2D eigenvalue weighted by Gasteiger charge is -2.13. The van der Waals surface area contributed by atoms with E-state index in [1.54, 1.807) is 24.5 Å². The summed E-state index contributed by atoms with van der Waals surface area (Å²) >= 11 is 2.14. The number of sulfone groups is 1. The van der Waals surface area contributed by atoms with Gasteiger partial charge in [-0.2, -0.15) is 0 Å². The van der Waals surface area contributed by atoms with Gasteiger partial charge in [0.1, 0.15) is 5.65 Å². The van der Waals surface area contributed by atoms with Crippen molar-refractivity contribution in [2.24, 2.45) is 0 Å². The largest absolute Gasteiger partial charge is 0.345 e. The summed E-state index contributed by atoms with van der Waals surface area (Å²) in [7, 11) is -3.72. The average Bonchev–Trinajstić information content (AvgIpc) is 3.03. The zero-order valence-corrected chi connectivity index (χ0v) is 16.9. The number of H-pyrrole nitrogens is 1. The van der Waals surface area contributed by atoms with Gasteiger partial charge < -0.3 is 4.98 Å². The molecule has 0 radical (unpaired) electrons. The second-order valence-corrected chi connectivity index (χ2v) is 9.09. The van der Waals surface area contributed by atoms with Crippen LogP contribution in [0.4, 0.5) is 0 Å². The Morgan fingerprint density at radius 3 is 2.38 bits per heavy atom. The van der Waals surface area contributed by atoms with Crippen molar-refractivity contribution >= 4 is 43.5 Å². The number of rotatable bonds is 3. The molecule has 0 aliphatic rings. The molecule has 0 saturated carbocycles. The second-order valence-electron chi connectivity index (χ2n) is 6.04. The van der Waals surface area contributed by atoms with Gasteiger partial charge in [-0.05, 0) is 47.2 Å². The normalized spacial score (nSPS) is 11.8. The van der Waals surface area contributed by atoms with Gasteiger partial charge in [0.25, 0.3) is 0 Å². The number of nitrogens with one attached hydrogen (secondary N) is 1. The van der Waals surface area contributed by atoms with E-state index in [1.165, 1.54) is 0 Å². The molecule has 4 aromatic rings. The quantitative estimate of drug-likeness (QED) is 0.427. The highest BCUT2D eigenvalue weighted by molar-refractivity contribution is 14.1. The zero-order valence-electron chi connectivity index (χ0n) is 13.9. The van der Waals surface area contributed by atoms with Crippen LogP contribution in [0.2, 0.25) is 0 Å². The van der Waals surface area contributed by atoms with Crippen LogP contribution in [0, 0.1) is 10.5 Å². The SMILES string of the molecule is Cc1ccc(S(=O)(=O)c2c(-c3ccccc3)cnc3[nH]cc(I)c23)cc1. The fourth-order valence-electron chi connectivity index (χ4n) is 2.97. The number of benzene rings is 2. The Kier molecular flexibility index (Phi) is 4.32. The van der Waals surface area contributed by atoms with Crippen LogP contribution in [-0.2, 0) is 9.84 Å². The van der Waals surface area contributed by atoms with Crippen LogP contribution in [0.5, 0.6) is 0 Å². The fraction of sp³-hybridized carbons (Fsp3) is 0.0500. The van der Waals surface area contributed by atoms with E-state index in [9.17, 15) is 8.42 Å². The van der Waals surface area contributed by atoms with E-state index in [-0.39, 0.29) is 4.90 Å². The minimum absolute atomic E-state index is 0.282. The highest BCUT2D eigenvalue weighted by Gasteiger charge is 2.27. The molecule has 0 bridgehead atoms. The maximum absolute atomic E-state index is 13.6. The molecule has 4 nitrogen and oxygen atoms in total. The van der Waals surface area contributed by atoms with Gasteiger partial charge in [0.05, 0.1) is 15.2 Å². The van der Waals surface area contributed by atoms with Gasteiger partial charge in [-0.3, -0.25) is 0 Å². The predicted octanol–water partition coefficient (Wildman–Crippen LogP) is 4.98. The first-order valence-electron chi connectivity index (χ1n) is 8.01. The molecule has 0 saturated heterocycles. The number of aromatic amines is 1. The topological polar surface area (TPSA) is 62.8 Å². The summed E-state index contributed by atoms with van der Waals surface area (Å²) in [6.07, 6.45) is 3.41. The minimum Gasteiger partial charge on any atom is -0.345 e. The van der Waals surface area contributed by atoms with E-state index in [0.29, 0.717) is 21.5 Å². The van der Waals surface area contributed by atoms with Crippen molar-refractivity contribution < 1.29 is 8.42 Å². The second kappa shape index (κ2) is 6.51. The summed E-state index contributed by atoms with van der Waals surface area (Å²) in [6, 6.07) is 16.4. The summed E-state index contributed by atoms with van der Waals surface area (Å²) in [5.41, 5.74) is 3.02. The van der Waals surface area contributed by atoms with Crippen LogP contribution in [-0.4, -0.2) is 18.4 Å². The maximum atomic E-state index is 13.6. The third-order valence-corrected chi connectivity index (χ3v) is 7.00. The Hall–Kier alpha value is -2.19. The number of fused-ring (bicyclic) bond motifs is 1. The van der Waals surface area contributed by atoms with Crippen LogP contribution in [0.25, 0.3) is 22.2 Å². The Bertz CT molecular complexity index is 1200. The summed E-state index contributed by atoms with van der Waals surface area (Å²) < 4.78 is 27.9. The number of aromatic nitrogens is 2. The van der Waals surface area contributed by atoms with Gasteiger partial charge in [0.15, 0.2) is 0 Å². The molecule has 0 amide bonds. The fourth-order valence-corrected chi connectivity index (χ4v) is 5.50. The van der Waals surface area contributed by atoms with Crippen LogP contribution >= 0.6 is 22.6 Å². The monoisotopic (exact) mass is 474 g/mol. The van der Waals surface area contributed by atoms with Crippen LogP contribution in [0.1, 0.15) is 5.56 Å². The molecule has 0 atom stereocenters. The molecular weight excluding hydrogens is 459 g/mol. The van der Waals surface area contributed by atoms with Gasteiger partial charge in [0, 0.05) is 21.5 Å². The molecule has 26 heavy (non-hydrogen) atoms. The molecular formula is C20H15IN2O2S. The van der Waals surface area contributed by atoms with Crippen molar-refractivity contribution in [1.82, 2.24) is 9.97 Å². The molecule has 0 aliphatic carbocycles. The lowest BCUT2D eigenvalue weighted by Crippen LogP contribution is -2.06. The minimum atomic E-state index is -3.72. The third-order valence-electron chi connectivity index (χ3n) is 4.29. The third kappa shape index (κ3) is 2.83. The molecule has 0 fully saturated rings. The van der Waals surface area contributed by atoms with Crippen molar-refractivity contribution in [3.8, 4) is 11.1 Å². The predicted molar refractivity (Wildman–Crippen MR) is 111 cm³/mol. The highest BCUT2D eigenvalue weighted by Crippen LogP contribution is 2.37. The van der Waals surface area contributed by atoms with Gasteiger partial charge in [-0.1, -0.05) is 48.0 Å². The standard InChI is InChI=1S/C20H15IN2O2S/c1-13-7-9-15(10-8-13)26(24,25)19-16(14-5-3-2-4-6-14)11-22-20-18(19)17(21)12-23-20/h2-12H,1H3,(H,22,23). The first-order chi connectivity index (χ1) is 12.5. The first kappa shape index (κ1) is 17.2. The number of hydrogen-bond acceptors (Lipinski definition) is 3. The van der Waals surface area contributed by atoms with E-state index in [1.807, 2.05) is 49.4 Å². The van der Waals surface area contributed by atoms with Gasteiger partial charge in [-0.15, -0.1) is 0 Å². The summed E-state index contributed by atoms with van der Waals surface area (Å²) in [4.78, 5) is 8.07. The molecule has 2 aromatic carbocycles. The van der Waals surface area contributed by atoms with Crippen molar-refractivity contribution in [3.05, 3.63) is 76.1 Å². The van der Waals surface area contributed by atoms with E-state index >= 15 is 0 Å². The highest BCUT2D eigenvalue weighted by atomic mass is 127. The van der Waals surface area contributed by atoms with Crippen molar-refractivity contribution in [1.29, 1.82) is 0 Å². The molecule has 0 spiro atoms. The molecule has 2 aromatic heterocycles. The number of pyridine rings is 1. The molecule has 6 heteroatoms. The molecule has 2 heterocycles. The van der Waals surface area contributed by atoms with Crippen molar-refractivity contribution in [2.75, 3.05) is 0 Å². The van der Waals surface area contributed by atoms with Crippen molar-refractivity contribution in [3.63, 3.8) is 0 Å². The Labute approximate surface area is 165 Å². The average molecular weight is 474 g/mol. The smallest absolute Gasteiger partial charge is 0.208 e. The van der Waals surface area contributed by atoms with Crippen LogP contribution < -0.4 is 0 Å². The molecule has 0 aliphatic heterocycles. The first-order valence-corrected chi connectivity index (χ1v) is 10.6. The van der Waals surface area contributed by atoms with E-state index < -0.39 is 9.84 Å². The van der Waals surface area contributed by atoms with Gasteiger partial charge >= 0.3 is 0 Å². The molecule has 1 N–H and O–H groups in total. The molecule has 0 unspecified atom stereocenters. The van der Waals surface area contributed by atoms with Crippen LogP contribution in [0.3, 0.4) is 0 Å². The number of nitrogens with zero attached hydrogens (tertiary/aromatic N) is 1. The Morgan fingerprint density at radius 1 is 1.00 bits per heavy atom. The number of hydrogen-bond donors (Lipinski definition) is 1. The van der Waals surface area contributed by atoms with Crippen molar-refractivity contribution in [2.45, 2.75) is 16.7 Å². The van der Waals surface area contributed by atoms with E-state index in [0.717, 1.165) is 14.7 Å². The summed E-state index contributed by atoms with van der Waals surface area (Å²) in [5.74, 6) is 0. The lowest BCUT2D eigenvalue weighted by molar-refractivity contribution is 0.597. The molecule has 4 rings (SSSR count). The zero-order chi connectivity index (χ0) is 18.3. The summed E-state index contributed by atoms with van der Waals surface area (Å²) in [5, 5.41) is 0.632. The van der Waals surface area contributed by atoms with Gasteiger partial charge in [0.2, 0.25) is 9.84 Å². The molecule has 130 valence electrons. The van der Waals surface area contributed by atoms with E-state index in [4.69, 9.17) is 0 Å². The van der Waals surface area contributed by atoms with Crippen LogP contribution in [0.15, 0.2) is 76.8 Å². The summed E-state index contributed by atoms with van der Waals surface area (Å²) in [6.45, 7) is 1.94. The van der Waals surface area contributed by atoms with Gasteiger partial charge in [-0.25, -0.2) is 13.4 Å². The lowest BCUT2D eigenvalue weighted by atomic mass is 10.1. The van der Waals surface area contributed by atoms with E-state index in [2.05, 4.69) is 32.6 Å². The number of aryl methyl sites for hydroxylation is 1. The Morgan fingerprint density at radius 2 is 1.69 bits per heavy atom. The maximum Gasteiger partial charge on any atom is 0.208 e.